The van der Waals surface area contributed by atoms with E-state index < -0.39 is 0 Å². The molecule has 0 aliphatic carbocycles. The van der Waals surface area contributed by atoms with Gasteiger partial charge in [-0.25, -0.2) is 19.3 Å². The summed E-state index contributed by atoms with van der Waals surface area (Å²) in [6, 6.07) is 7.83. The quantitative estimate of drug-likeness (QED) is 0.653. The Morgan fingerprint density at radius 2 is 1.96 bits per heavy atom. The number of benzene rings is 1. The first kappa shape index (κ1) is 17.0. The average Bonchev–Trinajstić information content (AvgIpc) is 3.10. The van der Waals surface area contributed by atoms with Crippen molar-refractivity contribution >= 4 is 23.3 Å². The zero-order valence-electron chi connectivity index (χ0n) is 13.2. The lowest BCUT2D eigenvalue weighted by Crippen LogP contribution is -2.12. The molecule has 1 aromatic carbocycles. The van der Waals surface area contributed by atoms with Crippen molar-refractivity contribution in [3.8, 4) is 10.6 Å². The highest BCUT2D eigenvalue weighted by Gasteiger charge is 2.08. The first-order valence-corrected chi connectivity index (χ1v) is 8.45. The number of aromatic nitrogens is 3. The molecule has 0 bridgehead atoms. The molecule has 3 rings (SSSR count). The standard InChI is InChI=1S/C17H15FN4O2S/c18-13-4-2-12(3-5-13)16-22-14(11-25-16)10-24-15(23)6-9-21-17-19-7-1-8-20-17/h1-5,7-8,11H,6,9-10H2,(H,19,20,21). The molecule has 0 aliphatic rings. The molecular weight excluding hydrogens is 343 g/mol. The first-order chi connectivity index (χ1) is 12.2. The second-order valence-electron chi connectivity index (χ2n) is 5.06. The molecule has 6 nitrogen and oxygen atoms in total. The molecule has 0 aliphatic heterocycles. The Balaban J connectivity index is 1.44. The Morgan fingerprint density at radius 1 is 1.20 bits per heavy atom. The van der Waals surface area contributed by atoms with Crippen molar-refractivity contribution in [1.82, 2.24) is 15.0 Å². The van der Waals surface area contributed by atoms with Crippen molar-refractivity contribution in [3.05, 3.63) is 59.6 Å². The van der Waals surface area contributed by atoms with Gasteiger partial charge >= 0.3 is 5.97 Å². The second-order valence-corrected chi connectivity index (χ2v) is 5.92. The number of nitrogens with zero attached hydrogens (tertiary/aromatic N) is 3. The van der Waals surface area contributed by atoms with Gasteiger partial charge in [0.2, 0.25) is 5.95 Å². The predicted octanol–water partition coefficient (Wildman–Crippen LogP) is 3.28. The molecule has 0 saturated heterocycles. The van der Waals surface area contributed by atoms with E-state index >= 15 is 0 Å². The number of ether oxygens (including phenoxy) is 1. The van der Waals surface area contributed by atoms with Gasteiger partial charge in [-0.15, -0.1) is 11.3 Å². The lowest BCUT2D eigenvalue weighted by atomic mass is 10.2. The van der Waals surface area contributed by atoms with Crippen LogP contribution in [-0.4, -0.2) is 27.5 Å². The Morgan fingerprint density at radius 3 is 2.72 bits per heavy atom. The SMILES string of the molecule is O=C(CCNc1ncccn1)OCc1csc(-c2ccc(F)cc2)n1. The monoisotopic (exact) mass is 358 g/mol. The molecule has 0 spiro atoms. The van der Waals surface area contributed by atoms with E-state index in [1.54, 1.807) is 30.6 Å². The van der Waals surface area contributed by atoms with Crippen LogP contribution in [-0.2, 0) is 16.1 Å². The molecule has 0 unspecified atom stereocenters. The fourth-order valence-corrected chi connectivity index (χ4v) is 2.80. The van der Waals surface area contributed by atoms with Crippen LogP contribution in [0.15, 0.2) is 48.1 Å². The van der Waals surface area contributed by atoms with E-state index in [0.29, 0.717) is 18.2 Å². The average molecular weight is 358 g/mol. The van der Waals surface area contributed by atoms with E-state index in [4.69, 9.17) is 4.74 Å². The summed E-state index contributed by atoms with van der Waals surface area (Å²) in [5, 5.41) is 5.52. The van der Waals surface area contributed by atoms with Gasteiger partial charge < -0.3 is 10.1 Å². The summed E-state index contributed by atoms with van der Waals surface area (Å²) < 4.78 is 18.1. The topological polar surface area (TPSA) is 77.0 Å². The molecule has 0 fully saturated rings. The van der Waals surface area contributed by atoms with Crippen LogP contribution in [0.3, 0.4) is 0 Å². The van der Waals surface area contributed by atoms with E-state index in [1.165, 1.54) is 23.5 Å². The van der Waals surface area contributed by atoms with Crippen LogP contribution in [0.2, 0.25) is 0 Å². The maximum atomic E-state index is 12.9. The van der Waals surface area contributed by atoms with Gasteiger partial charge in [0.25, 0.3) is 0 Å². The summed E-state index contributed by atoms with van der Waals surface area (Å²) >= 11 is 1.42. The summed E-state index contributed by atoms with van der Waals surface area (Å²) in [5.41, 5.74) is 1.49. The fraction of sp³-hybridized carbons (Fsp3) is 0.176. The van der Waals surface area contributed by atoms with Gasteiger partial charge in [0.15, 0.2) is 0 Å². The summed E-state index contributed by atoms with van der Waals surface area (Å²) in [6.45, 7) is 0.499. The van der Waals surface area contributed by atoms with Gasteiger partial charge in [-0.2, -0.15) is 0 Å². The van der Waals surface area contributed by atoms with Crippen LogP contribution in [0.1, 0.15) is 12.1 Å². The van der Waals surface area contributed by atoms with Crippen LogP contribution in [0, 0.1) is 5.82 Å². The smallest absolute Gasteiger partial charge is 0.307 e. The molecular formula is C17H15FN4O2S. The molecule has 0 atom stereocenters. The van der Waals surface area contributed by atoms with E-state index in [2.05, 4.69) is 20.3 Å². The predicted molar refractivity (Wildman–Crippen MR) is 92.4 cm³/mol. The molecule has 8 heteroatoms. The third-order valence-electron chi connectivity index (χ3n) is 3.20. The van der Waals surface area contributed by atoms with E-state index in [1.807, 2.05) is 5.38 Å². The van der Waals surface area contributed by atoms with E-state index in [0.717, 1.165) is 10.6 Å². The van der Waals surface area contributed by atoms with Crippen molar-refractivity contribution < 1.29 is 13.9 Å². The van der Waals surface area contributed by atoms with Crippen LogP contribution in [0.4, 0.5) is 10.3 Å². The van der Waals surface area contributed by atoms with E-state index in [-0.39, 0.29) is 24.8 Å². The van der Waals surface area contributed by atoms with Crippen LogP contribution >= 0.6 is 11.3 Å². The number of hydrogen-bond donors (Lipinski definition) is 1. The van der Waals surface area contributed by atoms with Gasteiger partial charge in [-0.05, 0) is 30.3 Å². The van der Waals surface area contributed by atoms with Crippen LogP contribution < -0.4 is 5.32 Å². The summed E-state index contributed by atoms with van der Waals surface area (Å²) in [7, 11) is 0. The number of hydrogen-bond acceptors (Lipinski definition) is 7. The number of esters is 1. The number of nitrogens with one attached hydrogen (secondary N) is 1. The second kappa shape index (κ2) is 8.29. The normalized spacial score (nSPS) is 10.4. The minimum Gasteiger partial charge on any atom is -0.459 e. The van der Waals surface area contributed by atoms with Gasteiger partial charge in [0, 0.05) is 29.9 Å². The Kier molecular flexibility index (Phi) is 5.63. The van der Waals surface area contributed by atoms with E-state index in [9.17, 15) is 9.18 Å². The number of halogens is 1. The highest BCUT2D eigenvalue weighted by molar-refractivity contribution is 7.13. The molecule has 0 saturated carbocycles. The maximum absolute atomic E-state index is 12.9. The number of carbonyl (C=O) groups is 1. The maximum Gasteiger partial charge on any atom is 0.307 e. The zero-order chi connectivity index (χ0) is 17.5. The molecule has 0 amide bonds. The molecule has 2 heterocycles. The highest BCUT2D eigenvalue weighted by atomic mass is 32.1. The molecule has 128 valence electrons. The fourth-order valence-electron chi connectivity index (χ4n) is 1.99. The molecule has 3 aromatic rings. The first-order valence-electron chi connectivity index (χ1n) is 7.57. The Bertz CT molecular complexity index is 824. The summed E-state index contributed by atoms with van der Waals surface area (Å²) in [4.78, 5) is 24.1. The third kappa shape index (κ3) is 5.05. The van der Waals surface area contributed by atoms with Crippen molar-refractivity contribution in [3.63, 3.8) is 0 Å². The molecule has 25 heavy (non-hydrogen) atoms. The minimum atomic E-state index is -0.334. The van der Waals surface area contributed by atoms with Gasteiger partial charge in [0.05, 0.1) is 12.1 Å². The number of rotatable bonds is 7. The van der Waals surface area contributed by atoms with Crippen molar-refractivity contribution in [2.75, 3.05) is 11.9 Å². The summed E-state index contributed by atoms with van der Waals surface area (Å²) in [6.07, 6.45) is 3.44. The molecule has 0 radical (unpaired) electrons. The zero-order valence-corrected chi connectivity index (χ0v) is 14.0. The molecule has 2 aromatic heterocycles. The largest absolute Gasteiger partial charge is 0.459 e. The Hall–Kier alpha value is -2.87. The van der Waals surface area contributed by atoms with Crippen LogP contribution in [0.25, 0.3) is 10.6 Å². The van der Waals surface area contributed by atoms with Gasteiger partial charge in [-0.3, -0.25) is 4.79 Å². The molecule has 1 N–H and O–H groups in total. The number of anilines is 1. The lowest BCUT2D eigenvalue weighted by molar-refractivity contribution is -0.144. The third-order valence-corrected chi connectivity index (χ3v) is 4.14. The van der Waals surface area contributed by atoms with Crippen molar-refractivity contribution in [2.45, 2.75) is 13.0 Å². The number of carbonyl (C=O) groups excluding carboxylic acids is 1. The minimum absolute atomic E-state index is 0.109. The van der Waals surface area contributed by atoms with Crippen molar-refractivity contribution in [1.29, 1.82) is 0 Å². The van der Waals surface area contributed by atoms with Crippen molar-refractivity contribution in [2.24, 2.45) is 0 Å². The van der Waals surface area contributed by atoms with Crippen LogP contribution in [0.5, 0.6) is 0 Å². The lowest BCUT2D eigenvalue weighted by Gasteiger charge is -2.04. The Labute approximate surface area is 147 Å². The van der Waals surface area contributed by atoms with Gasteiger partial charge in [-0.1, -0.05) is 0 Å². The summed E-state index contributed by atoms with van der Waals surface area (Å²) in [5.74, 6) is -0.150. The number of thiazole rings is 1. The highest BCUT2D eigenvalue weighted by Crippen LogP contribution is 2.24. The van der Waals surface area contributed by atoms with Gasteiger partial charge in [0.1, 0.15) is 17.4 Å².